The summed E-state index contributed by atoms with van der Waals surface area (Å²) in [5.74, 6) is -1.78. The van der Waals surface area contributed by atoms with Crippen LogP contribution in [0.25, 0.3) is 0 Å². The van der Waals surface area contributed by atoms with Crippen LogP contribution in [0.3, 0.4) is 0 Å². The Hall–Kier alpha value is -1.73. The molecule has 0 saturated heterocycles. The van der Waals surface area contributed by atoms with Crippen molar-refractivity contribution in [2.24, 2.45) is 0 Å². The Bertz CT molecular complexity index is 322. The molecule has 0 rings (SSSR count). The van der Waals surface area contributed by atoms with Gasteiger partial charge in [0.1, 0.15) is 5.70 Å². The van der Waals surface area contributed by atoms with Gasteiger partial charge in [0.2, 0.25) is 0 Å². The van der Waals surface area contributed by atoms with Crippen molar-refractivity contribution in [1.82, 2.24) is 10.2 Å². The minimum absolute atomic E-state index is 0.0819. The van der Waals surface area contributed by atoms with E-state index >= 15 is 0 Å². The topological polar surface area (TPSA) is 69.6 Å². The molecule has 0 aromatic heterocycles. The van der Waals surface area contributed by atoms with Crippen LogP contribution in [0.15, 0.2) is 11.8 Å². The smallest absolute Gasteiger partial charge is 0.431 e. The first kappa shape index (κ1) is 15.3. The van der Waals surface area contributed by atoms with Gasteiger partial charge in [-0.15, -0.1) is 0 Å². The Balaban J connectivity index is 4.90. The van der Waals surface area contributed by atoms with Crippen LogP contribution in [-0.2, 0) is 4.79 Å². The van der Waals surface area contributed by atoms with Crippen LogP contribution >= 0.6 is 0 Å². The highest BCUT2D eigenvalue weighted by molar-refractivity contribution is 5.83. The fraction of sp³-hybridized carbons (Fsp3) is 0.556. The molecular weight excluding hydrogens is 241 g/mol. The number of halogens is 3. The number of nitrogens with one attached hydrogen (secondary N) is 1. The maximum Gasteiger partial charge on any atom is 0.431 e. The Kier molecular flexibility index (Phi) is 5.49. The van der Waals surface area contributed by atoms with Gasteiger partial charge < -0.3 is 15.3 Å². The Morgan fingerprint density at radius 1 is 1.29 bits per heavy atom. The molecule has 0 radical (unpaired) electrons. The van der Waals surface area contributed by atoms with Crippen LogP contribution < -0.4 is 5.32 Å². The average Bonchev–Trinajstić information content (AvgIpc) is 2.16. The second-order valence-corrected chi connectivity index (χ2v) is 3.00. The van der Waals surface area contributed by atoms with E-state index in [-0.39, 0.29) is 19.2 Å². The van der Waals surface area contributed by atoms with E-state index in [1.54, 1.807) is 13.8 Å². The molecule has 98 valence electrons. The third-order valence-electron chi connectivity index (χ3n) is 1.87. The van der Waals surface area contributed by atoms with Crippen molar-refractivity contribution < 1.29 is 27.9 Å². The zero-order valence-electron chi connectivity index (χ0n) is 9.34. The first-order valence-electron chi connectivity index (χ1n) is 4.80. The number of carbonyl (C=O) groups excluding carboxylic acids is 1. The van der Waals surface area contributed by atoms with E-state index in [0.29, 0.717) is 0 Å². The summed E-state index contributed by atoms with van der Waals surface area (Å²) in [6.45, 7) is 3.63. The summed E-state index contributed by atoms with van der Waals surface area (Å²) in [6.07, 6.45) is -5.00. The number of amides is 2. The van der Waals surface area contributed by atoms with Crippen molar-refractivity contribution in [3.05, 3.63) is 11.8 Å². The maximum absolute atomic E-state index is 12.3. The lowest BCUT2D eigenvalue weighted by molar-refractivity contribution is -0.132. The molecule has 0 aromatic rings. The highest BCUT2D eigenvalue weighted by Gasteiger charge is 2.36. The Morgan fingerprint density at radius 2 is 1.76 bits per heavy atom. The lowest BCUT2D eigenvalue weighted by Crippen LogP contribution is -2.42. The number of allylic oxidation sites excluding steroid dienone is 1. The summed E-state index contributed by atoms with van der Waals surface area (Å²) in [5.41, 5.74) is -1.60. The van der Waals surface area contributed by atoms with E-state index in [9.17, 15) is 22.8 Å². The van der Waals surface area contributed by atoms with Gasteiger partial charge in [-0.1, -0.05) is 0 Å². The number of rotatable bonds is 4. The quantitative estimate of drug-likeness (QED) is 0.748. The van der Waals surface area contributed by atoms with Crippen LogP contribution in [0.1, 0.15) is 13.8 Å². The van der Waals surface area contributed by atoms with E-state index in [2.05, 4.69) is 0 Å². The van der Waals surface area contributed by atoms with Gasteiger partial charge in [0.15, 0.2) is 0 Å². The molecule has 0 aliphatic heterocycles. The molecule has 0 heterocycles. The molecule has 2 N–H and O–H groups in total. The Labute approximate surface area is 95.9 Å². The molecule has 2 amide bonds. The lowest BCUT2D eigenvalue weighted by Gasteiger charge is -2.21. The summed E-state index contributed by atoms with van der Waals surface area (Å²) < 4.78 is 37.0. The molecule has 0 fully saturated rings. The number of urea groups is 1. The first-order valence-corrected chi connectivity index (χ1v) is 4.80. The number of carboxylic acids is 1. The van der Waals surface area contributed by atoms with Crippen molar-refractivity contribution in [3.63, 3.8) is 0 Å². The summed E-state index contributed by atoms with van der Waals surface area (Å²) in [5, 5.41) is 9.80. The molecule has 8 heteroatoms. The molecule has 5 nitrogen and oxygen atoms in total. The van der Waals surface area contributed by atoms with Crippen LogP contribution in [0, 0.1) is 0 Å². The fourth-order valence-corrected chi connectivity index (χ4v) is 1.02. The number of hydrogen-bond acceptors (Lipinski definition) is 2. The molecule has 0 aliphatic carbocycles. The zero-order valence-corrected chi connectivity index (χ0v) is 9.34. The molecule has 0 bridgehead atoms. The van der Waals surface area contributed by atoms with Gasteiger partial charge in [-0.2, -0.15) is 13.2 Å². The second-order valence-electron chi connectivity index (χ2n) is 3.00. The predicted octanol–water partition coefficient (Wildman–Crippen LogP) is 1.57. The van der Waals surface area contributed by atoms with Crippen LogP contribution in [0.4, 0.5) is 18.0 Å². The monoisotopic (exact) mass is 254 g/mol. The number of alkyl halides is 3. The van der Waals surface area contributed by atoms with Gasteiger partial charge in [0, 0.05) is 13.1 Å². The average molecular weight is 254 g/mol. The molecule has 0 unspecified atom stereocenters. The molecule has 0 aromatic carbocycles. The summed E-state index contributed by atoms with van der Waals surface area (Å²) in [6, 6.07) is -0.986. The number of nitrogens with zero attached hydrogens (tertiary/aromatic N) is 1. The number of carboxylic acid groups (broad SMARTS) is 1. The standard InChI is InChI=1S/C9H13F3N2O3/c1-3-14(4-2)8(17)13-6(5-7(15)16)9(10,11)12/h5H,3-4H2,1-2H3,(H,13,17)(H,15,16). The lowest BCUT2D eigenvalue weighted by atomic mass is 10.3. The molecule has 17 heavy (non-hydrogen) atoms. The third kappa shape index (κ3) is 5.23. The maximum atomic E-state index is 12.3. The summed E-state index contributed by atoms with van der Waals surface area (Å²) >= 11 is 0. The molecule has 0 saturated carbocycles. The molecule has 0 spiro atoms. The third-order valence-corrected chi connectivity index (χ3v) is 1.87. The zero-order chi connectivity index (χ0) is 13.6. The van der Waals surface area contributed by atoms with Gasteiger partial charge in [-0.05, 0) is 13.8 Å². The SMILES string of the molecule is CCN(CC)C(=O)NC(=CC(=O)O)C(F)(F)F. The van der Waals surface area contributed by atoms with Crippen LogP contribution in [0.5, 0.6) is 0 Å². The van der Waals surface area contributed by atoms with Crippen LogP contribution in [-0.4, -0.2) is 41.3 Å². The number of aliphatic carboxylic acids is 1. The van der Waals surface area contributed by atoms with E-state index in [4.69, 9.17) is 5.11 Å². The van der Waals surface area contributed by atoms with Gasteiger partial charge in [0.25, 0.3) is 0 Å². The normalized spacial score (nSPS) is 12.2. The highest BCUT2D eigenvalue weighted by atomic mass is 19.4. The van der Waals surface area contributed by atoms with Crippen molar-refractivity contribution in [1.29, 1.82) is 0 Å². The van der Waals surface area contributed by atoms with Crippen LogP contribution in [0.2, 0.25) is 0 Å². The van der Waals surface area contributed by atoms with E-state index in [1.807, 2.05) is 0 Å². The Morgan fingerprint density at radius 3 is 2.06 bits per heavy atom. The van der Waals surface area contributed by atoms with Crippen molar-refractivity contribution >= 4 is 12.0 Å². The summed E-state index contributed by atoms with van der Waals surface area (Å²) in [4.78, 5) is 22.6. The second kappa shape index (κ2) is 6.12. The fourth-order valence-electron chi connectivity index (χ4n) is 1.02. The molecule has 0 atom stereocenters. The molecule has 0 aliphatic rings. The van der Waals surface area contributed by atoms with Gasteiger partial charge in [-0.25, -0.2) is 9.59 Å². The first-order chi connectivity index (χ1) is 7.72. The van der Waals surface area contributed by atoms with E-state index in [0.717, 1.165) is 4.90 Å². The van der Waals surface area contributed by atoms with Crippen molar-refractivity contribution in [2.75, 3.05) is 13.1 Å². The predicted molar refractivity (Wildman–Crippen MR) is 53.2 cm³/mol. The van der Waals surface area contributed by atoms with Crippen molar-refractivity contribution in [3.8, 4) is 0 Å². The van der Waals surface area contributed by atoms with Gasteiger partial charge in [0.05, 0.1) is 6.08 Å². The minimum atomic E-state index is -4.92. The van der Waals surface area contributed by atoms with Gasteiger partial charge >= 0.3 is 18.2 Å². The summed E-state index contributed by atoms with van der Waals surface area (Å²) in [7, 11) is 0. The largest absolute Gasteiger partial charge is 0.478 e. The number of hydrogen-bond donors (Lipinski definition) is 2. The van der Waals surface area contributed by atoms with Crippen molar-refractivity contribution in [2.45, 2.75) is 20.0 Å². The highest BCUT2D eigenvalue weighted by Crippen LogP contribution is 2.23. The van der Waals surface area contributed by atoms with E-state index in [1.165, 1.54) is 5.32 Å². The van der Waals surface area contributed by atoms with Gasteiger partial charge in [-0.3, -0.25) is 0 Å². The minimum Gasteiger partial charge on any atom is -0.478 e. The van der Waals surface area contributed by atoms with E-state index < -0.39 is 23.9 Å². The number of carbonyl (C=O) groups is 2. The molecular formula is C9H13F3N2O3.